The maximum Gasteiger partial charge on any atom is 0.270 e. The van der Waals surface area contributed by atoms with Crippen LogP contribution in [0, 0.1) is 0 Å². The van der Waals surface area contributed by atoms with Gasteiger partial charge in [0.1, 0.15) is 11.5 Å². The Morgan fingerprint density at radius 3 is 2.85 bits per heavy atom. The number of anilines is 1. The number of aromatic nitrogens is 1. The Labute approximate surface area is 163 Å². The van der Waals surface area contributed by atoms with Crippen molar-refractivity contribution in [3.63, 3.8) is 0 Å². The summed E-state index contributed by atoms with van der Waals surface area (Å²) in [6.45, 7) is 3.12. The van der Waals surface area contributed by atoms with E-state index in [1.165, 1.54) is 5.56 Å². The van der Waals surface area contributed by atoms with Gasteiger partial charge < -0.3 is 15.5 Å². The molecular formula is C21H22N4OS. The number of carbonyl (C=O) groups excluding carboxylic acids is 1. The predicted octanol–water partition coefficient (Wildman–Crippen LogP) is 3.22. The quantitative estimate of drug-likeness (QED) is 0.716. The van der Waals surface area contributed by atoms with Gasteiger partial charge in [0.15, 0.2) is 0 Å². The largest absolute Gasteiger partial charge is 0.353 e. The smallest absolute Gasteiger partial charge is 0.270 e. The zero-order valence-corrected chi connectivity index (χ0v) is 15.8. The Kier molecular flexibility index (Phi) is 5.46. The summed E-state index contributed by atoms with van der Waals surface area (Å²) in [5.74, 6) is 0.709. The summed E-state index contributed by atoms with van der Waals surface area (Å²) in [5.41, 5.74) is 1.73. The highest BCUT2D eigenvalue weighted by Gasteiger charge is 2.22. The number of piperazine rings is 1. The third-order valence-electron chi connectivity index (χ3n) is 4.67. The molecule has 4 rings (SSSR count). The molecule has 3 aromatic rings. The van der Waals surface area contributed by atoms with Crippen molar-refractivity contribution in [2.24, 2.45) is 0 Å². The fraction of sp³-hybridized carbons (Fsp3) is 0.238. The molecule has 1 saturated heterocycles. The first-order valence-corrected chi connectivity index (χ1v) is 9.98. The van der Waals surface area contributed by atoms with Crippen LogP contribution in [0.5, 0.6) is 0 Å². The number of nitrogens with one attached hydrogen (secondary N) is 2. The Balaban J connectivity index is 1.44. The molecule has 0 aliphatic carbocycles. The molecule has 1 aliphatic heterocycles. The van der Waals surface area contributed by atoms with E-state index in [-0.39, 0.29) is 11.9 Å². The molecule has 2 N–H and O–H groups in total. The molecule has 1 amide bonds. The molecule has 0 bridgehead atoms. The van der Waals surface area contributed by atoms with Crippen LogP contribution in [0.1, 0.15) is 27.0 Å². The molecule has 1 atom stereocenters. The number of pyridine rings is 1. The van der Waals surface area contributed by atoms with E-state index in [2.05, 4.69) is 44.8 Å². The Hall–Kier alpha value is -2.70. The van der Waals surface area contributed by atoms with Gasteiger partial charge in [-0.15, -0.1) is 11.3 Å². The monoisotopic (exact) mass is 378 g/mol. The molecule has 2 aromatic heterocycles. The minimum Gasteiger partial charge on any atom is -0.353 e. The van der Waals surface area contributed by atoms with Gasteiger partial charge >= 0.3 is 0 Å². The first-order chi connectivity index (χ1) is 13.3. The summed E-state index contributed by atoms with van der Waals surface area (Å²) in [7, 11) is 0. The van der Waals surface area contributed by atoms with Gasteiger partial charge in [-0.25, -0.2) is 4.98 Å². The van der Waals surface area contributed by atoms with Crippen molar-refractivity contribution in [2.75, 3.05) is 24.5 Å². The summed E-state index contributed by atoms with van der Waals surface area (Å²) in [6.07, 6.45) is 0. The van der Waals surface area contributed by atoms with Crippen LogP contribution in [0.3, 0.4) is 0 Å². The zero-order valence-electron chi connectivity index (χ0n) is 15.0. The van der Waals surface area contributed by atoms with Crippen LogP contribution in [-0.2, 0) is 6.54 Å². The molecule has 0 unspecified atom stereocenters. The van der Waals surface area contributed by atoms with E-state index in [0.29, 0.717) is 12.2 Å². The normalized spacial score (nSPS) is 16.9. The average molecular weight is 379 g/mol. The third kappa shape index (κ3) is 4.35. The van der Waals surface area contributed by atoms with E-state index in [1.54, 1.807) is 17.4 Å². The molecule has 6 heteroatoms. The number of benzene rings is 1. The lowest BCUT2D eigenvalue weighted by Gasteiger charge is -2.34. The Bertz CT molecular complexity index is 882. The SMILES string of the molecule is O=C(NCc1cccs1)c1cccc(N2CCN[C@H](c3ccccc3)C2)n1. The van der Waals surface area contributed by atoms with Gasteiger partial charge in [-0.3, -0.25) is 4.79 Å². The second kappa shape index (κ2) is 8.33. The summed E-state index contributed by atoms with van der Waals surface area (Å²) < 4.78 is 0. The van der Waals surface area contributed by atoms with Crippen molar-refractivity contribution >= 4 is 23.1 Å². The molecule has 1 aromatic carbocycles. The van der Waals surface area contributed by atoms with Crippen LogP contribution < -0.4 is 15.5 Å². The third-order valence-corrected chi connectivity index (χ3v) is 5.55. The number of thiophene rings is 1. The van der Waals surface area contributed by atoms with Crippen molar-refractivity contribution in [3.8, 4) is 0 Å². The van der Waals surface area contributed by atoms with Crippen LogP contribution in [0.4, 0.5) is 5.82 Å². The second-order valence-electron chi connectivity index (χ2n) is 6.51. The number of carbonyl (C=O) groups is 1. The van der Waals surface area contributed by atoms with Crippen molar-refractivity contribution in [2.45, 2.75) is 12.6 Å². The van der Waals surface area contributed by atoms with Gasteiger partial charge in [-0.2, -0.15) is 0 Å². The van der Waals surface area contributed by atoms with Crippen molar-refractivity contribution in [1.29, 1.82) is 0 Å². The molecule has 0 saturated carbocycles. The molecule has 0 radical (unpaired) electrons. The van der Waals surface area contributed by atoms with E-state index >= 15 is 0 Å². The number of nitrogens with zero attached hydrogens (tertiary/aromatic N) is 2. The fourth-order valence-corrected chi connectivity index (χ4v) is 3.91. The first kappa shape index (κ1) is 17.7. The fourth-order valence-electron chi connectivity index (χ4n) is 3.26. The van der Waals surface area contributed by atoms with E-state index in [1.807, 2.05) is 35.7 Å². The average Bonchev–Trinajstić information content (AvgIpc) is 3.26. The summed E-state index contributed by atoms with van der Waals surface area (Å²) >= 11 is 1.63. The van der Waals surface area contributed by atoms with Crippen molar-refractivity contribution in [1.82, 2.24) is 15.6 Å². The van der Waals surface area contributed by atoms with Gasteiger partial charge in [-0.05, 0) is 29.1 Å². The molecule has 0 spiro atoms. The maximum absolute atomic E-state index is 12.5. The van der Waals surface area contributed by atoms with Crippen LogP contribution in [0.2, 0.25) is 0 Å². The van der Waals surface area contributed by atoms with Crippen LogP contribution in [0.15, 0.2) is 66.0 Å². The van der Waals surface area contributed by atoms with Gasteiger partial charge in [0.25, 0.3) is 5.91 Å². The van der Waals surface area contributed by atoms with Crippen LogP contribution in [0.25, 0.3) is 0 Å². The molecule has 27 heavy (non-hydrogen) atoms. The van der Waals surface area contributed by atoms with Gasteiger partial charge in [0, 0.05) is 30.6 Å². The Morgan fingerprint density at radius 1 is 1.15 bits per heavy atom. The second-order valence-corrected chi connectivity index (χ2v) is 7.54. The number of rotatable bonds is 5. The lowest BCUT2D eigenvalue weighted by molar-refractivity contribution is 0.0946. The lowest BCUT2D eigenvalue weighted by atomic mass is 10.0. The number of hydrogen-bond acceptors (Lipinski definition) is 5. The zero-order chi connectivity index (χ0) is 18.5. The minimum atomic E-state index is -0.139. The standard InChI is InChI=1S/C21H22N4OS/c26-21(23-14-17-8-5-13-27-17)18-9-4-10-20(24-18)25-12-11-22-19(15-25)16-6-2-1-3-7-16/h1-10,13,19,22H,11-12,14-15H2,(H,23,26)/t19-/m0/s1. The topological polar surface area (TPSA) is 57.3 Å². The van der Waals surface area contributed by atoms with Gasteiger partial charge in [0.2, 0.25) is 0 Å². The molecule has 3 heterocycles. The van der Waals surface area contributed by atoms with Crippen molar-refractivity contribution < 1.29 is 4.79 Å². The van der Waals surface area contributed by atoms with Crippen LogP contribution >= 0.6 is 11.3 Å². The molecule has 1 fully saturated rings. The molecule has 5 nitrogen and oxygen atoms in total. The highest BCUT2D eigenvalue weighted by molar-refractivity contribution is 7.09. The molecular weight excluding hydrogens is 356 g/mol. The Morgan fingerprint density at radius 2 is 2.04 bits per heavy atom. The lowest BCUT2D eigenvalue weighted by Crippen LogP contribution is -2.46. The van der Waals surface area contributed by atoms with E-state index in [0.717, 1.165) is 30.3 Å². The van der Waals surface area contributed by atoms with Gasteiger partial charge in [0.05, 0.1) is 6.54 Å². The highest BCUT2D eigenvalue weighted by atomic mass is 32.1. The van der Waals surface area contributed by atoms with E-state index in [9.17, 15) is 4.79 Å². The van der Waals surface area contributed by atoms with Crippen LogP contribution in [-0.4, -0.2) is 30.5 Å². The maximum atomic E-state index is 12.5. The summed E-state index contributed by atoms with van der Waals surface area (Å²) in [5, 5.41) is 8.51. The number of amides is 1. The van der Waals surface area contributed by atoms with Crippen molar-refractivity contribution in [3.05, 3.63) is 82.2 Å². The first-order valence-electron chi connectivity index (χ1n) is 9.10. The number of hydrogen-bond donors (Lipinski definition) is 2. The summed E-state index contributed by atoms with van der Waals surface area (Å²) in [6, 6.07) is 20.3. The predicted molar refractivity (Wildman–Crippen MR) is 109 cm³/mol. The molecule has 138 valence electrons. The molecule has 1 aliphatic rings. The van der Waals surface area contributed by atoms with E-state index < -0.39 is 0 Å². The minimum absolute atomic E-state index is 0.139. The summed E-state index contributed by atoms with van der Waals surface area (Å²) in [4.78, 5) is 20.4. The van der Waals surface area contributed by atoms with Gasteiger partial charge in [-0.1, -0.05) is 42.5 Å². The highest BCUT2D eigenvalue weighted by Crippen LogP contribution is 2.21. The van der Waals surface area contributed by atoms with E-state index in [4.69, 9.17) is 0 Å².